The van der Waals surface area contributed by atoms with Gasteiger partial charge in [0.05, 0.1) is 19.9 Å². The van der Waals surface area contributed by atoms with Crippen molar-refractivity contribution in [2.24, 2.45) is 0 Å². The van der Waals surface area contributed by atoms with Crippen molar-refractivity contribution in [3.8, 4) is 11.5 Å². The van der Waals surface area contributed by atoms with Crippen molar-refractivity contribution in [1.82, 2.24) is 9.88 Å². The van der Waals surface area contributed by atoms with Crippen molar-refractivity contribution < 1.29 is 9.47 Å². The van der Waals surface area contributed by atoms with Gasteiger partial charge in [-0.25, -0.2) is 0 Å². The van der Waals surface area contributed by atoms with Crippen molar-refractivity contribution in [3.05, 3.63) is 52.8 Å². The lowest BCUT2D eigenvalue weighted by atomic mass is 10.1. The highest BCUT2D eigenvalue weighted by molar-refractivity contribution is 5.42. The molecule has 1 aromatic heterocycles. The molecule has 124 valence electrons. The molecular formula is C19H26N2O2. The first kappa shape index (κ1) is 17.3. The fourth-order valence-electron chi connectivity index (χ4n) is 2.60. The largest absolute Gasteiger partial charge is 0.493 e. The molecule has 0 spiro atoms. The number of rotatable bonds is 7. The van der Waals surface area contributed by atoms with Gasteiger partial charge in [-0.15, -0.1) is 0 Å². The Balaban J connectivity index is 1.95. The number of methoxy groups -OCH3 is 2. The average molecular weight is 314 g/mol. The van der Waals surface area contributed by atoms with E-state index in [-0.39, 0.29) is 0 Å². The lowest BCUT2D eigenvalue weighted by molar-refractivity contribution is 0.325. The van der Waals surface area contributed by atoms with E-state index in [0.717, 1.165) is 36.7 Å². The van der Waals surface area contributed by atoms with E-state index in [1.54, 1.807) is 14.2 Å². The van der Waals surface area contributed by atoms with Gasteiger partial charge in [-0.1, -0.05) is 12.1 Å². The summed E-state index contributed by atoms with van der Waals surface area (Å²) in [6.07, 6.45) is 2.90. The third kappa shape index (κ3) is 4.70. The first-order valence-corrected chi connectivity index (χ1v) is 7.85. The molecule has 0 aliphatic heterocycles. The Bertz CT molecular complexity index is 656. The van der Waals surface area contributed by atoms with Crippen molar-refractivity contribution in [3.63, 3.8) is 0 Å². The molecule has 2 rings (SSSR count). The Morgan fingerprint density at radius 1 is 1.04 bits per heavy atom. The Kier molecular flexibility index (Phi) is 5.99. The van der Waals surface area contributed by atoms with Crippen LogP contribution in [0.3, 0.4) is 0 Å². The summed E-state index contributed by atoms with van der Waals surface area (Å²) in [5, 5.41) is 0. The minimum Gasteiger partial charge on any atom is -0.493 e. The standard InChI is InChI=1S/C19H26N2O2/c1-14-10-15(2)17(20-12-14)13-21(3)9-8-16-6-7-18(22-4)19(11-16)23-5/h6-7,10-12H,8-9,13H2,1-5H3. The van der Waals surface area contributed by atoms with E-state index in [4.69, 9.17) is 9.47 Å². The van der Waals surface area contributed by atoms with Gasteiger partial charge in [-0.2, -0.15) is 0 Å². The normalized spacial score (nSPS) is 10.9. The summed E-state index contributed by atoms with van der Waals surface area (Å²) in [7, 11) is 5.45. The molecule has 0 atom stereocenters. The summed E-state index contributed by atoms with van der Waals surface area (Å²) < 4.78 is 10.6. The maximum Gasteiger partial charge on any atom is 0.160 e. The molecule has 0 fully saturated rings. The highest BCUT2D eigenvalue weighted by Gasteiger charge is 2.08. The molecule has 0 saturated heterocycles. The number of likely N-dealkylation sites (N-methyl/N-ethyl adjacent to an activating group) is 1. The minimum atomic E-state index is 0.768. The fourth-order valence-corrected chi connectivity index (χ4v) is 2.60. The second-order valence-corrected chi connectivity index (χ2v) is 5.95. The summed E-state index contributed by atoms with van der Waals surface area (Å²) in [4.78, 5) is 6.84. The Morgan fingerprint density at radius 2 is 1.78 bits per heavy atom. The zero-order chi connectivity index (χ0) is 16.8. The van der Waals surface area contributed by atoms with E-state index < -0.39 is 0 Å². The molecule has 0 saturated carbocycles. The zero-order valence-electron chi connectivity index (χ0n) is 14.7. The number of benzene rings is 1. The summed E-state index contributed by atoms with van der Waals surface area (Å²) in [5.74, 6) is 1.55. The number of ether oxygens (including phenoxy) is 2. The Hall–Kier alpha value is -2.07. The smallest absolute Gasteiger partial charge is 0.160 e. The summed E-state index contributed by atoms with van der Waals surface area (Å²) >= 11 is 0. The van der Waals surface area contributed by atoms with Gasteiger partial charge in [0.1, 0.15) is 0 Å². The van der Waals surface area contributed by atoms with Gasteiger partial charge in [0.2, 0.25) is 0 Å². The Labute approximate surface area is 139 Å². The van der Waals surface area contributed by atoms with Gasteiger partial charge in [-0.05, 0) is 56.1 Å². The molecule has 0 bridgehead atoms. The molecule has 0 N–H and O–H groups in total. The molecule has 0 amide bonds. The third-order valence-electron chi connectivity index (χ3n) is 3.97. The number of pyridine rings is 1. The van der Waals surface area contributed by atoms with Gasteiger partial charge >= 0.3 is 0 Å². The first-order valence-electron chi connectivity index (χ1n) is 7.85. The van der Waals surface area contributed by atoms with Crippen LogP contribution in [-0.2, 0) is 13.0 Å². The van der Waals surface area contributed by atoms with Crippen LogP contribution in [0.1, 0.15) is 22.4 Å². The molecule has 23 heavy (non-hydrogen) atoms. The monoisotopic (exact) mass is 314 g/mol. The molecule has 0 unspecified atom stereocenters. The summed E-state index contributed by atoms with van der Waals surface area (Å²) in [6.45, 7) is 6.02. The lowest BCUT2D eigenvalue weighted by Crippen LogP contribution is -2.22. The summed E-state index contributed by atoms with van der Waals surface area (Å²) in [6, 6.07) is 8.27. The van der Waals surface area contributed by atoms with Crippen LogP contribution >= 0.6 is 0 Å². The van der Waals surface area contributed by atoms with Crippen LogP contribution < -0.4 is 9.47 Å². The second-order valence-electron chi connectivity index (χ2n) is 5.95. The molecule has 4 heteroatoms. The third-order valence-corrected chi connectivity index (χ3v) is 3.97. The predicted octanol–water partition coefficient (Wildman–Crippen LogP) is 3.39. The SMILES string of the molecule is COc1ccc(CCN(C)Cc2ncc(C)cc2C)cc1OC. The van der Waals surface area contributed by atoms with Gasteiger partial charge in [0, 0.05) is 19.3 Å². The Morgan fingerprint density at radius 3 is 2.43 bits per heavy atom. The van der Waals surface area contributed by atoms with Crippen LogP contribution in [0.5, 0.6) is 11.5 Å². The van der Waals surface area contributed by atoms with Gasteiger partial charge in [0.25, 0.3) is 0 Å². The highest BCUT2D eigenvalue weighted by atomic mass is 16.5. The van der Waals surface area contributed by atoms with Crippen LogP contribution in [0.15, 0.2) is 30.5 Å². The average Bonchev–Trinajstić information content (AvgIpc) is 2.55. The molecule has 1 heterocycles. The number of nitrogens with zero attached hydrogens (tertiary/aromatic N) is 2. The lowest BCUT2D eigenvalue weighted by Gasteiger charge is -2.18. The molecule has 0 radical (unpaired) electrons. The maximum absolute atomic E-state index is 5.36. The van der Waals surface area contributed by atoms with E-state index in [9.17, 15) is 0 Å². The van der Waals surface area contributed by atoms with E-state index >= 15 is 0 Å². The predicted molar refractivity (Wildman–Crippen MR) is 93.3 cm³/mol. The van der Waals surface area contributed by atoms with Gasteiger partial charge in [-0.3, -0.25) is 4.98 Å². The van der Waals surface area contributed by atoms with E-state index in [1.807, 2.05) is 18.3 Å². The number of aryl methyl sites for hydroxylation is 2. The van der Waals surface area contributed by atoms with E-state index in [1.165, 1.54) is 16.7 Å². The van der Waals surface area contributed by atoms with Crippen LogP contribution in [-0.4, -0.2) is 37.7 Å². The quantitative estimate of drug-likeness (QED) is 0.784. The number of hydrogen-bond acceptors (Lipinski definition) is 4. The van der Waals surface area contributed by atoms with Crippen molar-refractivity contribution in [2.75, 3.05) is 27.8 Å². The fraction of sp³-hybridized carbons (Fsp3) is 0.421. The van der Waals surface area contributed by atoms with Crippen molar-refractivity contribution in [1.29, 1.82) is 0 Å². The summed E-state index contributed by atoms with van der Waals surface area (Å²) in [5.41, 5.74) is 4.84. The molecule has 0 aliphatic rings. The first-order chi connectivity index (χ1) is 11.0. The van der Waals surface area contributed by atoms with Crippen LogP contribution in [0.4, 0.5) is 0 Å². The molecule has 1 aromatic carbocycles. The number of aromatic nitrogens is 1. The maximum atomic E-state index is 5.36. The van der Waals surface area contributed by atoms with Gasteiger partial charge in [0.15, 0.2) is 11.5 Å². The van der Waals surface area contributed by atoms with E-state index in [2.05, 4.69) is 42.9 Å². The van der Waals surface area contributed by atoms with Crippen LogP contribution in [0.2, 0.25) is 0 Å². The van der Waals surface area contributed by atoms with Crippen LogP contribution in [0, 0.1) is 13.8 Å². The molecule has 0 aliphatic carbocycles. The molecule has 2 aromatic rings. The van der Waals surface area contributed by atoms with Crippen molar-refractivity contribution in [2.45, 2.75) is 26.8 Å². The van der Waals surface area contributed by atoms with Crippen LogP contribution in [0.25, 0.3) is 0 Å². The second kappa shape index (κ2) is 7.97. The molecule has 4 nitrogen and oxygen atoms in total. The zero-order valence-corrected chi connectivity index (χ0v) is 14.7. The molecular weight excluding hydrogens is 288 g/mol. The minimum absolute atomic E-state index is 0.768. The van der Waals surface area contributed by atoms with E-state index in [0.29, 0.717) is 0 Å². The van der Waals surface area contributed by atoms with Crippen molar-refractivity contribution >= 4 is 0 Å². The topological polar surface area (TPSA) is 34.6 Å². The van der Waals surface area contributed by atoms with Gasteiger partial charge < -0.3 is 14.4 Å². The highest BCUT2D eigenvalue weighted by Crippen LogP contribution is 2.27. The number of hydrogen-bond donors (Lipinski definition) is 0.